The Morgan fingerprint density at radius 1 is 1.06 bits per heavy atom. The van der Waals surface area contributed by atoms with Crippen LogP contribution in [0.4, 0.5) is 5.69 Å². The van der Waals surface area contributed by atoms with Gasteiger partial charge in [-0.05, 0) is 43.7 Å². The molecule has 0 aliphatic carbocycles. The number of sulfonamides is 1. The van der Waals surface area contributed by atoms with Gasteiger partial charge in [-0.3, -0.25) is 9.59 Å². The number of carbonyl (C=O) groups excluding carboxylic acids is 3. The lowest BCUT2D eigenvalue weighted by molar-refractivity contribution is -0.119. The van der Waals surface area contributed by atoms with E-state index in [1.54, 1.807) is 25.1 Å². The number of nitrogens with one attached hydrogen (secondary N) is 1. The van der Waals surface area contributed by atoms with E-state index in [2.05, 4.69) is 5.32 Å². The van der Waals surface area contributed by atoms with Crippen LogP contribution in [0.3, 0.4) is 0 Å². The summed E-state index contributed by atoms with van der Waals surface area (Å²) < 4.78 is 37.5. The fourth-order valence-corrected chi connectivity index (χ4v) is 4.82. The number of ether oxygens (including phenoxy) is 2. The molecule has 0 aromatic heterocycles. The van der Waals surface area contributed by atoms with E-state index in [4.69, 9.17) is 9.47 Å². The first-order valence-corrected chi connectivity index (χ1v) is 11.4. The molecule has 1 fully saturated rings. The normalized spacial score (nSPS) is 14.6. The summed E-state index contributed by atoms with van der Waals surface area (Å²) in [4.78, 5) is 36.0. The molecule has 9 nitrogen and oxygen atoms in total. The summed E-state index contributed by atoms with van der Waals surface area (Å²) in [5, 5.41) is 2.55. The molecule has 170 valence electrons. The smallest absolute Gasteiger partial charge is 0.338 e. The second-order valence-corrected chi connectivity index (χ2v) is 9.16. The molecule has 1 aliphatic heterocycles. The second-order valence-electron chi connectivity index (χ2n) is 7.26. The third-order valence-corrected chi connectivity index (χ3v) is 6.94. The van der Waals surface area contributed by atoms with Gasteiger partial charge in [-0.1, -0.05) is 18.2 Å². The second kappa shape index (κ2) is 10.0. The number of hydrogen-bond donors (Lipinski definition) is 1. The molecule has 1 heterocycles. The largest absolute Gasteiger partial charge is 0.452 e. The Balaban J connectivity index is 1.66. The quantitative estimate of drug-likeness (QED) is 0.496. The number of esters is 1. The first-order chi connectivity index (χ1) is 15.2. The minimum atomic E-state index is -3.79. The van der Waals surface area contributed by atoms with Crippen molar-refractivity contribution in [1.82, 2.24) is 4.31 Å². The molecule has 3 rings (SSSR count). The molecular weight excluding hydrogens is 436 g/mol. The molecule has 1 amide bonds. The number of aryl methyl sites for hydroxylation is 1. The maximum absolute atomic E-state index is 13.0. The molecule has 2 aromatic carbocycles. The summed E-state index contributed by atoms with van der Waals surface area (Å²) in [5.74, 6) is -1.56. The molecule has 0 unspecified atom stereocenters. The molecule has 32 heavy (non-hydrogen) atoms. The predicted octanol–water partition coefficient (Wildman–Crippen LogP) is 2.01. The SMILES string of the molecule is CC(=O)c1cccc(NC(=O)COC(=O)c2ccc(C)c(S(=O)(=O)N3CCOCC3)c2)c1. The van der Waals surface area contributed by atoms with Gasteiger partial charge in [0, 0.05) is 24.3 Å². The van der Waals surface area contributed by atoms with E-state index in [1.807, 2.05) is 0 Å². The number of ketones is 1. The van der Waals surface area contributed by atoms with Crippen molar-refractivity contribution in [3.63, 3.8) is 0 Å². The highest BCUT2D eigenvalue weighted by molar-refractivity contribution is 7.89. The summed E-state index contributed by atoms with van der Waals surface area (Å²) >= 11 is 0. The first kappa shape index (κ1) is 23.6. The molecule has 10 heteroatoms. The fraction of sp³-hybridized carbons (Fsp3) is 0.318. The summed E-state index contributed by atoms with van der Waals surface area (Å²) in [6.45, 7) is 3.59. The zero-order chi connectivity index (χ0) is 23.3. The lowest BCUT2D eigenvalue weighted by Crippen LogP contribution is -2.40. The van der Waals surface area contributed by atoms with Gasteiger partial charge >= 0.3 is 5.97 Å². The molecule has 0 radical (unpaired) electrons. The van der Waals surface area contributed by atoms with E-state index in [-0.39, 0.29) is 29.3 Å². The maximum atomic E-state index is 13.0. The fourth-order valence-electron chi connectivity index (χ4n) is 3.16. The minimum absolute atomic E-state index is 0.0133. The van der Waals surface area contributed by atoms with Crippen LogP contribution in [-0.2, 0) is 24.3 Å². The summed E-state index contributed by atoms with van der Waals surface area (Å²) in [6, 6.07) is 10.6. The van der Waals surface area contributed by atoms with Crippen molar-refractivity contribution in [2.24, 2.45) is 0 Å². The van der Waals surface area contributed by atoms with Crippen molar-refractivity contribution in [3.05, 3.63) is 59.2 Å². The van der Waals surface area contributed by atoms with Gasteiger partial charge in [-0.25, -0.2) is 13.2 Å². The predicted molar refractivity (Wildman–Crippen MR) is 116 cm³/mol. The van der Waals surface area contributed by atoms with E-state index < -0.39 is 28.5 Å². The van der Waals surface area contributed by atoms with Gasteiger partial charge in [-0.15, -0.1) is 0 Å². The third-order valence-electron chi connectivity index (χ3n) is 4.90. The lowest BCUT2D eigenvalue weighted by atomic mass is 10.1. The van der Waals surface area contributed by atoms with Crippen LogP contribution in [0.15, 0.2) is 47.4 Å². The van der Waals surface area contributed by atoms with Crippen molar-refractivity contribution >= 4 is 33.4 Å². The van der Waals surface area contributed by atoms with Gasteiger partial charge < -0.3 is 14.8 Å². The Labute approximate surface area is 186 Å². The van der Waals surface area contributed by atoms with Crippen molar-refractivity contribution in [1.29, 1.82) is 0 Å². The Hall–Kier alpha value is -3.08. The number of rotatable bonds is 7. The Kier molecular flexibility index (Phi) is 7.39. The maximum Gasteiger partial charge on any atom is 0.338 e. The first-order valence-electron chi connectivity index (χ1n) is 9.95. The molecule has 0 bridgehead atoms. The van der Waals surface area contributed by atoms with Gasteiger partial charge in [0.25, 0.3) is 5.91 Å². The number of benzene rings is 2. The topological polar surface area (TPSA) is 119 Å². The number of amides is 1. The van der Waals surface area contributed by atoms with Crippen molar-refractivity contribution < 1.29 is 32.3 Å². The zero-order valence-electron chi connectivity index (χ0n) is 17.8. The molecule has 1 saturated heterocycles. The highest BCUT2D eigenvalue weighted by Gasteiger charge is 2.28. The average Bonchev–Trinajstić information content (AvgIpc) is 2.78. The van der Waals surface area contributed by atoms with Gasteiger partial charge in [0.15, 0.2) is 12.4 Å². The van der Waals surface area contributed by atoms with E-state index in [0.29, 0.717) is 30.0 Å². The number of hydrogen-bond acceptors (Lipinski definition) is 7. The monoisotopic (exact) mass is 460 g/mol. The Morgan fingerprint density at radius 3 is 2.47 bits per heavy atom. The number of nitrogens with zero attached hydrogens (tertiary/aromatic N) is 1. The van der Waals surface area contributed by atoms with E-state index in [9.17, 15) is 22.8 Å². The molecule has 1 N–H and O–H groups in total. The van der Waals surface area contributed by atoms with Crippen LogP contribution in [0.2, 0.25) is 0 Å². The Morgan fingerprint density at radius 2 is 1.78 bits per heavy atom. The number of Topliss-reactive ketones (excluding diaryl/α,β-unsaturated/α-hetero) is 1. The van der Waals surface area contributed by atoms with Crippen LogP contribution in [0.25, 0.3) is 0 Å². The van der Waals surface area contributed by atoms with Crippen LogP contribution in [0.5, 0.6) is 0 Å². The standard InChI is InChI=1S/C22H24N2O7S/c1-15-6-7-18(13-20(15)32(28,29)24-8-10-30-11-9-24)22(27)31-14-21(26)23-19-5-3-4-17(12-19)16(2)25/h3-7,12-13H,8-11,14H2,1-2H3,(H,23,26). The van der Waals surface area contributed by atoms with Crippen molar-refractivity contribution in [2.75, 3.05) is 38.2 Å². The summed E-state index contributed by atoms with van der Waals surface area (Å²) in [6.07, 6.45) is 0. The molecule has 0 saturated carbocycles. The highest BCUT2D eigenvalue weighted by atomic mass is 32.2. The van der Waals surface area contributed by atoms with Crippen LogP contribution < -0.4 is 5.32 Å². The van der Waals surface area contributed by atoms with E-state index in [0.717, 1.165) is 0 Å². The van der Waals surface area contributed by atoms with Crippen LogP contribution >= 0.6 is 0 Å². The molecule has 0 spiro atoms. The van der Waals surface area contributed by atoms with E-state index >= 15 is 0 Å². The van der Waals surface area contributed by atoms with Crippen LogP contribution in [0, 0.1) is 6.92 Å². The van der Waals surface area contributed by atoms with Gasteiger partial charge in [-0.2, -0.15) is 4.31 Å². The average molecular weight is 461 g/mol. The van der Waals surface area contributed by atoms with Crippen LogP contribution in [0.1, 0.15) is 33.2 Å². The van der Waals surface area contributed by atoms with E-state index in [1.165, 1.54) is 35.5 Å². The third kappa shape index (κ3) is 5.58. The molecule has 1 aliphatic rings. The molecule has 0 atom stereocenters. The minimum Gasteiger partial charge on any atom is -0.452 e. The number of anilines is 1. The lowest BCUT2D eigenvalue weighted by Gasteiger charge is -2.26. The Bertz CT molecular complexity index is 1140. The van der Waals surface area contributed by atoms with Gasteiger partial charge in [0.2, 0.25) is 10.0 Å². The van der Waals surface area contributed by atoms with Gasteiger partial charge in [0.05, 0.1) is 23.7 Å². The zero-order valence-corrected chi connectivity index (χ0v) is 18.6. The van der Waals surface area contributed by atoms with Crippen molar-refractivity contribution in [2.45, 2.75) is 18.7 Å². The number of carbonyl (C=O) groups is 3. The van der Waals surface area contributed by atoms with Crippen molar-refractivity contribution in [3.8, 4) is 0 Å². The molecule has 2 aromatic rings. The summed E-state index contributed by atoms with van der Waals surface area (Å²) in [5.41, 5.74) is 1.35. The summed E-state index contributed by atoms with van der Waals surface area (Å²) in [7, 11) is -3.79. The highest BCUT2D eigenvalue weighted by Crippen LogP contribution is 2.23. The van der Waals surface area contributed by atoms with Crippen LogP contribution in [-0.4, -0.2) is 63.3 Å². The number of morpholine rings is 1. The molecular formula is C22H24N2O7S. The van der Waals surface area contributed by atoms with Gasteiger partial charge in [0.1, 0.15) is 0 Å².